The van der Waals surface area contributed by atoms with Gasteiger partial charge in [-0.3, -0.25) is 0 Å². The van der Waals surface area contributed by atoms with Crippen LogP contribution in [0, 0.1) is 17.2 Å². The van der Waals surface area contributed by atoms with E-state index in [1.807, 2.05) is 4.57 Å². The van der Waals surface area contributed by atoms with Crippen molar-refractivity contribution in [3.05, 3.63) is 18.2 Å². The average molecular weight is 161 g/mol. The molecule has 0 aromatic carbocycles. The van der Waals surface area contributed by atoms with Gasteiger partial charge in [0.15, 0.2) is 0 Å². The molecule has 1 aliphatic rings. The Balaban J connectivity index is 2.06. The van der Waals surface area contributed by atoms with E-state index in [1.165, 1.54) is 19.3 Å². The van der Waals surface area contributed by atoms with E-state index < -0.39 is 0 Å². The molecule has 3 nitrogen and oxygen atoms in total. The molecule has 0 saturated heterocycles. The molecule has 0 N–H and O–H groups in total. The number of aromatic nitrogens is 2. The van der Waals surface area contributed by atoms with Gasteiger partial charge in [-0.1, -0.05) is 6.42 Å². The molecule has 0 bridgehead atoms. The maximum atomic E-state index is 8.70. The van der Waals surface area contributed by atoms with E-state index in [4.69, 9.17) is 5.26 Å². The minimum Gasteiger partial charge on any atom is -0.322 e. The van der Waals surface area contributed by atoms with E-state index >= 15 is 0 Å². The number of nitrogens with zero attached hydrogens (tertiary/aromatic N) is 3. The molecule has 0 aliphatic heterocycles. The van der Waals surface area contributed by atoms with Gasteiger partial charge in [0.2, 0.25) is 0 Å². The van der Waals surface area contributed by atoms with Crippen molar-refractivity contribution >= 4 is 0 Å². The monoisotopic (exact) mass is 161 g/mol. The van der Waals surface area contributed by atoms with Gasteiger partial charge in [0, 0.05) is 6.54 Å². The highest BCUT2D eigenvalue weighted by Crippen LogP contribution is 2.27. The molecule has 0 radical (unpaired) electrons. The molecule has 1 aromatic heterocycles. The second-order valence-electron chi connectivity index (χ2n) is 3.34. The van der Waals surface area contributed by atoms with Gasteiger partial charge in [-0.05, 0) is 18.8 Å². The molecule has 2 rings (SSSR count). The van der Waals surface area contributed by atoms with E-state index in [-0.39, 0.29) is 0 Å². The Hall–Kier alpha value is -1.30. The normalized spacial score (nSPS) is 16.9. The number of nitriles is 1. The number of hydrogen-bond donors (Lipinski definition) is 0. The predicted octanol–water partition coefficient (Wildman–Crippen LogP) is 1.55. The van der Waals surface area contributed by atoms with Crippen LogP contribution in [0.1, 0.15) is 25.0 Å². The van der Waals surface area contributed by atoms with E-state index in [0.29, 0.717) is 5.69 Å². The van der Waals surface area contributed by atoms with Gasteiger partial charge in [0.1, 0.15) is 11.8 Å². The van der Waals surface area contributed by atoms with Crippen LogP contribution in [0.3, 0.4) is 0 Å². The first-order valence-electron chi connectivity index (χ1n) is 4.30. The van der Waals surface area contributed by atoms with Crippen molar-refractivity contribution in [2.45, 2.75) is 25.8 Å². The van der Waals surface area contributed by atoms with Gasteiger partial charge in [-0.25, -0.2) is 4.98 Å². The molecule has 1 heterocycles. The van der Waals surface area contributed by atoms with Crippen LogP contribution in [0.2, 0.25) is 0 Å². The van der Waals surface area contributed by atoms with Crippen LogP contribution >= 0.6 is 0 Å². The lowest BCUT2D eigenvalue weighted by molar-refractivity contribution is 0.276. The first-order chi connectivity index (χ1) is 5.90. The molecule has 1 saturated carbocycles. The van der Waals surface area contributed by atoms with Crippen LogP contribution in [0.25, 0.3) is 0 Å². The Morgan fingerprint density at radius 1 is 1.67 bits per heavy atom. The fourth-order valence-electron chi connectivity index (χ4n) is 1.51. The zero-order valence-electron chi connectivity index (χ0n) is 6.90. The van der Waals surface area contributed by atoms with Crippen LogP contribution < -0.4 is 0 Å². The first kappa shape index (κ1) is 7.35. The SMILES string of the molecule is N#Cc1cncn1CC1CCC1. The Morgan fingerprint density at radius 2 is 2.50 bits per heavy atom. The Bertz CT molecular complexity index is 304. The fraction of sp³-hybridized carbons (Fsp3) is 0.556. The topological polar surface area (TPSA) is 41.6 Å². The summed E-state index contributed by atoms with van der Waals surface area (Å²) in [7, 11) is 0. The van der Waals surface area contributed by atoms with Crippen LogP contribution in [-0.2, 0) is 6.54 Å². The molecule has 0 unspecified atom stereocenters. The molecule has 12 heavy (non-hydrogen) atoms. The highest BCUT2D eigenvalue weighted by molar-refractivity contribution is 5.17. The van der Waals surface area contributed by atoms with Crippen LogP contribution in [0.5, 0.6) is 0 Å². The molecule has 62 valence electrons. The highest BCUT2D eigenvalue weighted by atomic mass is 15.0. The second-order valence-corrected chi connectivity index (χ2v) is 3.34. The zero-order chi connectivity index (χ0) is 8.39. The van der Waals surface area contributed by atoms with E-state index in [9.17, 15) is 0 Å². The van der Waals surface area contributed by atoms with Crippen LogP contribution in [0.15, 0.2) is 12.5 Å². The van der Waals surface area contributed by atoms with Crippen LogP contribution in [-0.4, -0.2) is 9.55 Å². The highest BCUT2D eigenvalue weighted by Gasteiger charge is 2.18. The standard InChI is InChI=1S/C9H11N3/c10-4-9-5-11-7-12(9)6-8-2-1-3-8/h5,7-8H,1-3,6H2. The third kappa shape index (κ3) is 1.20. The second kappa shape index (κ2) is 2.98. The van der Waals surface area contributed by atoms with Crippen molar-refractivity contribution in [1.29, 1.82) is 5.26 Å². The molecule has 0 amide bonds. The summed E-state index contributed by atoms with van der Waals surface area (Å²) in [5, 5.41) is 8.70. The summed E-state index contributed by atoms with van der Waals surface area (Å²) in [5.74, 6) is 0.784. The van der Waals surface area contributed by atoms with Crippen molar-refractivity contribution in [2.75, 3.05) is 0 Å². The third-order valence-electron chi connectivity index (χ3n) is 2.51. The lowest BCUT2D eigenvalue weighted by Gasteiger charge is -2.25. The summed E-state index contributed by atoms with van der Waals surface area (Å²) in [4.78, 5) is 3.94. The summed E-state index contributed by atoms with van der Waals surface area (Å²) < 4.78 is 1.95. The quantitative estimate of drug-likeness (QED) is 0.660. The summed E-state index contributed by atoms with van der Waals surface area (Å²) in [6, 6.07) is 2.13. The molecular formula is C9H11N3. The van der Waals surface area contributed by atoms with Gasteiger partial charge in [0.05, 0.1) is 12.5 Å². The maximum absolute atomic E-state index is 8.70. The Labute approximate surface area is 71.6 Å². The largest absolute Gasteiger partial charge is 0.322 e. The zero-order valence-corrected chi connectivity index (χ0v) is 6.90. The maximum Gasteiger partial charge on any atom is 0.139 e. The fourth-order valence-corrected chi connectivity index (χ4v) is 1.51. The van der Waals surface area contributed by atoms with Crippen molar-refractivity contribution in [2.24, 2.45) is 5.92 Å². The lowest BCUT2D eigenvalue weighted by atomic mass is 9.85. The van der Waals surface area contributed by atoms with Crippen molar-refractivity contribution in [1.82, 2.24) is 9.55 Å². The summed E-state index contributed by atoms with van der Waals surface area (Å²) >= 11 is 0. The van der Waals surface area contributed by atoms with Gasteiger partial charge in [-0.15, -0.1) is 0 Å². The predicted molar refractivity (Wildman–Crippen MR) is 44.3 cm³/mol. The molecule has 1 fully saturated rings. The van der Waals surface area contributed by atoms with Gasteiger partial charge in [-0.2, -0.15) is 5.26 Å². The van der Waals surface area contributed by atoms with Crippen molar-refractivity contribution in [3.63, 3.8) is 0 Å². The summed E-state index contributed by atoms with van der Waals surface area (Å²) in [6.45, 7) is 0.975. The van der Waals surface area contributed by atoms with E-state index in [1.54, 1.807) is 12.5 Å². The molecular weight excluding hydrogens is 150 g/mol. The number of imidazole rings is 1. The van der Waals surface area contributed by atoms with Gasteiger partial charge < -0.3 is 4.57 Å². The van der Waals surface area contributed by atoms with Gasteiger partial charge in [0.25, 0.3) is 0 Å². The summed E-state index contributed by atoms with van der Waals surface area (Å²) in [6.07, 6.45) is 7.34. The third-order valence-corrected chi connectivity index (χ3v) is 2.51. The minimum atomic E-state index is 0.682. The van der Waals surface area contributed by atoms with Crippen LogP contribution in [0.4, 0.5) is 0 Å². The molecule has 0 spiro atoms. The van der Waals surface area contributed by atoms with Gasteiger partial charge >= 0.3 is 0 Å². The molecule has 3 heteroatoms. The Morgan fingerprint density at radius 3 is 3.08 bits per heavy atom. The lowest BCUT2D eigenvalue weighted by Crippen LogP contribution is -2.18. The van der Waals surface area contributed by atoms with E-state index in [0.717, 1.165) is 12.5 Å². The average Bonchev–Trinajstić information content (AvgIpc) is 2.43. The molecule has 1 aromatic rings. The Kier molecular flexibility index (Phi) is 1.83. The minimum absolute atomic E-state index is 0.682. The first-order valence-corrected chi connectivity index (χ1v) is 4.30. The van der Waals surface area contributed by atoms with Crippen molar-refractivity contribution < 1.29 is 0 Å². The summed E-state index contributed by atoms with van der Waals surface area (Å²) in [5.41, 5.74) is 0.682. The number of rotatable bonds is 2. The smallest absolute Gasteiger partial charge is 0.139 e. The molecule has 1 aliphatic carbocycles. The van der Waals surface area contributed by atoms with E-state index in [2.05, 4.69) is 11.1 Å². The molecule has 0 atom stereocenters. The van der Waals surface area contributed by atoms with Crippen molar-refractivity contribution in [3.8, 4) is 6.07 Å². The number of hydrogen-bond acceptors (Lipinski definition) is 2.